The molecule has 1 N–H and O–H groups in total. The number of ether oxygens (including phenoxy) is 2. The van der Waals surface area contributed by atoms with Gasteiger partial charge in [0.05, 0.1) is 32.5 Å². The average molecular weight is 340 g/mol. The van der Waals surface area contributed by atoms with E-state index in [0.29, 0.717) is 31.0 Å². The van der Waals surface area contributed by atoms with Crippen LogP contribution in [0, 0.1) is 5.41 Å². The minimum atomic E-state index is -0.240. The van der Waals surface area contributed by atoms with E-state index in [1.807, 2.05) is 22.8 Å². The molecule has 0 spiro atoms. The Balaban J connectivity index is 1.43. The third kappa shape index (κ3) is 3.20. The largest absolute Gasteiger partial charge is 0.376 e. The zero-order valence-corrected chi connectivity index (χ0v) is 14.0. The lowest BCUT2D eigenvalue weighted by Crippen LogP contribution is -2.23. The summed E-state index contributed by atoms with van der Waals surface area (Å²) >= 11 is 0. The van der Waals surface area contributed by atoms with Crippen molar-refractivity contribution in [3.05, 3.63) is 58.9 Å². The zero-order chi connectivity index (χ0) is 17.3. The van der Waals surface area contributed by atoms with Gasteiger partial charge in [-0.15, -0.1) is 0 Å². The van der Waals surface area contributed by atoms with Gasteiger partial charge in [-0.1, -0.05) is 37.3 Å². The van der Waals surface area contributed by atoms with Crippen molar-refractivity contribution in [2.75, 3.05) is 13.2 Å². The molecule has 0 saturated carbocycles. The van der Waals surface area contributed by atoms with E-state index in [0.717, 1.165) is 12.0 Å². The first kappa shape index (κ1) is 16.0. The highest BCUT2D eigenvalue weighted by atomic mass is 16.5. The zero-order valence-electron chi connectivity index (χ0n) is 14.0. The Hall–Kier alpha value is -2.51. The van der Waals surface area contributed by atoms with Crippen LogP contribution in [0.3, 0.4) is 0 Å². The molecule has 1 aliphatic rings. The molecule has 0 radical (unpaired) electrons. The van der Waals surface area contributed by atoms with E-state index in [4.69, 9.17) is 9.47 Å². The summed E-state index contributed by atoms with van der Waals surface area (Å²) in [6.45, 7) is 3.94. The molecular weight excluding hydrogens is 320 g/mol. The standard InChI is InChI=1S/C18H20N4O3/c1-18(9-24-8-13-5-3-2-4-6-13)7-14(25-10-18)22-12-21-15-16(22)19-11-20-17(15)23/h2-6,11-12,14H,7-10H2,1H3,(H,19,20,23)/t14-,18-/m1/s1. The molecule has 7 heteroatoms. The molecule has 4 rings (SSSR count). The van der Waals surface area contributed by atoms with Crippen LogP contribution in [0.4, 0.5) is 0 Å². The summed E-state index contributed by atoms with van der Waals surface area (Å²) in [4.78, 5) is 22.7. The Morgan fingerprint density at radius 1 is 1.36 bits per heavy atom. The third-order valence-corrected chi connectivity index (χ3v) is 4.53. The number of fused-ring (bicyclic) bond motifs is 1. The van der Waals surface area contributed by atoms with Gasteiger partial charge < -0.3 is 14.5 Å². The Labute approximate surface area is 144 Å². The Morgan fingerprint density at radius 2 is 2.20 bits per heavy atom. The van der Waals surface area contributed by atoms with Crippen LogP contribution in [0.1, 0.15) is 25.1 Å². The van der Waals surface area contributed by atoms with Crippen LogP contribution in [0.5, 0.6) is 0 Å². The summed E-state index contributed by atoms with van der Waals surface area (Å²) in [6, 6.07) is 10.1. The van der Waals surface area contributed by atoms with Crippen molar-refractivity contribution in [1.82, 2.24) is 19.5 Å². The average Bonchev–Trinajstić information content (AvgIpc) is 3.21. The van der Waals surface area contributed by atoms with Gasteiger partial charge in [0, 0.05) is 11.8 Å². The van der Waals surface area contributed by atoms with Gasteiger partial charge in [0.15, 0.2) is 11.2 Å². The molecule has 25 heavy (non-hydrogen) atoms. The summed E-state index contributed by atoms with van der Waals surface area (Å²) in [5.41, 5.74) is 1.71. The van der Waals surface area contributed by atoms with E-state index in [2.05, 4.69) is 34.0 Å². The molecule has 2 aromatic heterocycles. The summed E-state index contributed by atoms with van der Waals surface area (Å²) in [7, 11) is 0. The normalized spacial score (nSPS) is 23.3. The van der Waals surface area contributed by atoms with Gasteiger partial charge in [0.2, 0.25) is 0 Å². The summed E-state index contributed by atoms with van der Waals surface area (Å²) in [5.74, 6) is 0. The van der Waals surface area contributed by atoms with Gasteiger partial charge in [0.25, 0.3) is 5.56 Å². The SMILES string of the molecule is C[C@@]1(COCc2ccccc2)CO[C@@H](n2cnc3c(=O)[nH]cnc32)C1. The van der Waals surface area contributed by atoms with Crippen LogP contribution in [0.15, 0.2) is 47.8 Å². The lowest BCUT2D eigenvalue weighted by Gasteiger charge is -2.21. The molecule has 3 heterocycles. The van der Waals surface area contributed by atoms with Crippen LogP contribution in [0.2, 0.25) is 0 Å². The Bertz CT molecular complexity index is 921. The lowest BCUT2D eigenvalue weighted by molar-refractivity contribution is 0.0232. The molecule has 1 saturated heterocycles. The van der Waals surface area contributed by atoms with E-state index >= 15 is 0 Å². The minimum absolute atomic E-state index is 0.0861. The van der Waals surface area contributed by atoms with E-state index in [1.165, 1.54) is 6.33 Å². The van der Waals surface area contributed by atoms with Gasteiger partial charge in [-0.25, -0.2) is 9.97 Å². The predicted molar refractivity (Wildman–Crippen MR) is 92.0 cm³/mol. The topological polar surface area (TPSA) is 82.0 Å². The van der Waals surface area contributed by atoms with Gasteiger partial charge in [-0.2, -0.15) is 0 Å². The number of aromatic amines is 1. The lowest BCUT2D eigenvalue weighted by atomic mass is 9.90. The number of H-pyrrole nitrogens is 1. The number of benzene rings is 1. The Kier molecular flexibility index (Phi) is 4.10. The second-order valence-electron chi connectivity index (χ2n) is 6.81. The molecule has 130 valence electrons. The highest BCUT2D eigenvalue weighted by Gasteiger charge is 2.38. The van der Waals surface area contributed by atoms with Crippen molar-refractivity contribution >= 4 is 11.2 Å². The molecule has 0 aliphatic carbocycles. The van der Waals surface area contributed by atoms with E-state index in [9.17, 15) is 4.79 Å². The van der Waals surface area contributed by atoms with Crippen LogP contribution < -0.4 is 5.56 Å². The maximum Gasteiger partial charge on any atom is 0.278 e. The molecule has 1 aliphatic heterocycles. The molecule has 7 nitrogen and oxygen atoms in total. The van der Waals surface area contributed by atoms with E-state index < -0.39 is 0 Å². The maximum atomic E-state index is 11.8. The second kappa shape index (κ2) is 6.42. The van der Waals surface area contributed by atoms with Gasteiger partial charge >= 0.3 is 0 Å². The molecule has 0 bridgehead atoms. The molecule has 1 fully saturated rings. The highest BCUT2D eigenvalue weighted by Crippen LogP contribution is 2.38. The third-order valence-electron chi connectivity index (χ3n) is 4.53. The fourth-order valence-corrected chi connectivity index (χ4v) is 3.18. The monoisotopic (exact) mass is 340 g/mol. The minimum Gasteiger partial charge on any atom is -0.376 e. The van der Waals surface area contributed by atoms with Gasteiger partial charge in [0.1, 0.15) is 6.23 Å². The summed E-state index contributed by atoms with van der Waals surface area (Å²) in [6.07, 6.45) is 3.60. The first-order valence-corrected chi connectivity index (χ1v) is 8.28. The molecule has 3 aromatic rings. The fraction of sp³-hybridized carbons (Fsp3) is 0.389. The van der Waals surface area contributed by atoms with Crippen molar-refractivity contribution in [2.24, 2.45) is 5.41 Å². The van der Waals surface area contributed by atoms with Crippen molar-refractivity contribution < 1.29 is 9.47 Å². The van der Waals surface area contributed by atoms with Crippen molar-refractivity contribution in [3.8, 4) is 0 Å². The van der Waals surface area contributed by atoms with Crippen LogP contribution in [-0.2, 0) is 16.1 Å². The van der Waals surface area contributed by atoms with Gasteiger partial charge in [-0.3, -0.25) is 9.36 Å². The highest BCUT2D eigenvalue weighted by molar-refractivity contribution is 5.68. The van der Waals surface area contributed by atoms with Crippen LogP contribution in [-0.4, -0.2) is 32.7 Å². The van der Waals surface area contributed by atoms with Crippen LogP contribution >= 0.6 is 0 Å². The Morgan fingerprint density at radius 3 is 3.04 bits per heavy atom. The fourth-order valence-electron chi connectivity index (χ4n) is 3.18. The van der Waals surface area contributed by atoms with Crippen molar-refractivity contribution in [2.45, 2.75) is 26.2 Å². The quantitative estimate of drug-likeness (QED) is 0.770. The molecule has 0 amide bonds. The number of hydrogen-bond acceptors (Lipinski definition) is 5. The van der Waals surface area contributed by atoms with Crippen molar-refractivity contribution in [3.63, 3.8) is 0 Å². The summed E-state index contributed by atoms with van der Waals surface area (Å²) < 4.78 is 13.7. The molecule has 2 atom stereocenters. The number of imidazole rings is 1. The second-order valence-corrected chi connectivity index (χ2v) is 6.81. The van der Waals surface area contributed by atoms with Crippen LogP contribution in [0.25, 0.3) is 11.2 Å². The van der Waals surface area contributed by atoms with E-state index in [-0.39, 0.29) is 17.2 Å². The molecule has 0 unspecified atom stereocenters. The van der Waals surface area contributed by atoms with Gasteiger partial charge in [-0.05, 0) is 5.56 Å². The molecule has 1 aromatic carbocycles. The number of aromatic nitrogens is 4. The maximum absolute atomic E-state index is 11.8. The van der Waals surface area contributed by atoms with Crippen molar-refractivity contribution in [1.29, 1.82) is 0 Å². The number of hydrogen-bond donors (Lipinski definition) is 1. The summed E-state index contributed by atoms with van der Waals surface area (Å²) in [5, 5.41) is 0. The smallest absolute Gasteiger partial charge is 0.278 e. The first-order chi connectivity index (χ1) is 12.1. The van der Waals surface area contributed by atoms with E-state index in [1.54, 1.807) is 6.33 Å². The first-order valence-electron chi connectivity index (χ1n) is 8.28. The number of nitrogens with one attached hydrogen (secondary N) is 1. The number of nitrogens with zero attached hydrogens (tertiary/aromatic N) is 3. The molecular formula is C18H20N4O3. The number of rotatable bonds is 5. The predicted octanol–water partition coefficient (Wildman–Crippen LogP) is 2.26.